The zero-order chi connectivity index (χ0) is 29.7. The quantitative estimate of drug-likeness (QED) is 0.0482. The Morgan fingerprint density at radius 1 is 0.976 bits per heavy atom. The summed E-state index contributed by atoms with van der Waals surface area (Å²) < 4.78 is 78.7. The average Bonchev–Trinajstić information content (AvgIpc) is 3.79. The van der Waals surface area contributed by atoms with E-state index in [0.717, 1.165) is 0 Å². The number of rotatable bonds is 17. The lowest BCUT2D eigenvalue weighted by atomic mass is 10.2. The lowest BCUT2D eigenvalue weighted by Crippen LogP contribution is -2.48. The van der Waals surface area contributed by atoms with Crippen LogP contribution >= 0.6 is 0 Å². The van der Waals surface area contributed by atoms with E-state index in [1.54, 1.807) is 36.4 Å². The molecular formula is C27H31F3O10Si. The summed E-state index contributed by atoms with van der Waals surface area (Å²) in [6.07, 6.45) is -2.08. The van der Waals surface area contributed by atoms with Gasteiger partial charge in [-0.1, -0.05) is 12.1 Å². The van der Waals surface area contributed by atoms with Gasteiger partial charge in [-0.05, 0) is 60.9 Å². The van der Waals surface area contributed by atoms with Gasteiger partial charge in [0.1, 0.15) is 17.6 Å². The van der Waals surface area contributed by atoms with Gasteiger partial charge in [0, 0.05) is 26.7 Å². The number of halogens is 3. The molecule has 14 heteroatoms. The van der Waals surface area contributed by atoms with Crippen LogP contribution in [0.4, 0.5) is 13.2 Å². The molecule has 2 aromatic rings. The second-order valence-electron chi connectivity index (χ2n) is 8.64. The van der Waals surface area contributed by atoms with Gasteiger partial charge in [0.05, 0.1) is 25.4 Å². The molecule has 2 aromatic carbocycles. The maximum atomic E-state index is 12.4. The summed E-state index contributed by atoms with van der Waals surface area (Å²) >= 11 is 0. The molecular weight excluding hydrogens is 569 g/mol. The molecule has 1 atom stereocenters. The first-order chi connectivity index (χ1) is 19.6. The van der Waals surface area contributed by atoms with Crippen LogP contribution < -0.4 is 9.47 Å². The summed E-state index contributed by atoms with van der Waals surface area (Å²) in [5, 5.41) is 0. The Balaban J connectivity index is 1.38. The molecule has 1 fully saturated rings. The monoisotopic (exact) mass is 600 g/mol. The maximum absolute atomic E-state index is 12.4. The highest BCUT2D eigenvalue weighted by Gasteiger charge is 2.45. The van der Waals surface area contributed by atoms with Crippen molar-refractivity contribution in [3.05, 3.63) is 65.7 Å². The van der Waals surface area contributed by atoms with Crippen molar-refractivity contribution in [1.82, 2.24) is 0 Å². The molecule has 0 N–H and O–H groups in total. The Morgan fingerprint density at radius 3 is 2.24 bits per heavy atom. The molecule has 10 nitrogen and oxygen atoms in total. The number of ether oxygens (including phenoxy) is 4. The average molecular weight is 601 g/mol. The molecule has 0 radical (unpaired) electrons. The molecule has 0 aliphatic carbocycles. The number of alkyl halides is 3. The van der Waals surface area contributed by atoms with Crippen molar-refractivity contribution in [2.75, 3.05) is 40.8 Å². The molecule has 1 heterocycles. The molecule has 0 bridgehead atoms. The minimum absolute atomic E-state index is 0.0138. The first-order valence-electron chi connectivity index (χ1n) is 12.6. The van der Waals surface area contributed by atoms with Crippen molar-refractivity contribution in [3.8, 4) is 11.5 Å². The van der Waals surface area contributed by atoms with Crippen molar-refractivity contribution in [3.63, 3.8) is 0 Å². The van der Waals surface area contributed by atoms with Gasteiger partial charge >= 0.3 is 27.2 Å². The fourth-order valence-corrected chi connectivity index (χ4v) is 4.52. The van der Waals surface area contributed by atoms with E-state index in [9.17, 15) is 22.8 Å². The number of unbranched alkanes of at least 4 members (excludes halogenated alkanes) is 1. The van der Waals surface area contributed by atoms with E-state index in [0.29, 0.717) is 17.9 Å². The van der Waals surface area contributed by atoms with Gasteiger partial charge in [0.15, 0.2) is 6.79 Å². The Kier molecular flexibility index (Phi) is 12.3. The van der Waals surface area contributed by atoms with Crippen LogP contribution in [0.3, 0.4) is 0 Å². The minimum atomic E-state index is -4.17. The highest BCUT2D eigenvalue weighted by Crippen LogP contribution is 2.23. The van der Waals surface area contributed by atoms with Gasteiger partial charge in [-0.3, -0.25) is 0 Å². The van der Waals surface area contributed by atoms with Gasteiger partial charge in [-0.25, -0.2) is 9.59 Å². The van der Waals surface area contributed by atoms with E-state index < -0.39 is 40.4 Å². The number of esters is 2. The highest BCUT2D eigenvalue weighted by atomic mass is 28.4. The third kappa shape index (κ3) is 12.0. The lowest BCUT2D eigenvalue weighted by Gasteiger charge is -2.24. The topological polar surface area (TPSA) is 111 Å². The van der Waals surface area contributed by atoms with Gasteiger partial charge in [-0.2, -0.15) is 13.2 Å². The standard InChI is InChI=1S/C27H31F3O10Si/c1-33-41(34-2,38-18-24-17-36-24)39-19-37-25(31)14-7-20-5-10-23(11-6-20)40-26(32)21-8-12-22(13-9-21)35-16-4-3-15-27(28,29)30/h5-14,24H,3-4,15-19H2,1-2H3/b14-7+. The van der Waals surface area contributed by atoms with Crippen LogP contribution in [-0.2, 0) is 32.0 Å². The Labute approximate surface area is 236 Å². The van der Waals surface area contributed by atoms with Gasteiger partial charge in [0.25, 0.3) is 0 Å². The predicted octanol–water partition coefficient (Wildman–Crippen LogP) is 4.69. The number of benzene rings is 2. The molecule has 1 aliphatic rings. The molecule has 0 saturated carbocycles. The maximum Gasteiger partial charge on any atom is 0.681 e. The van der Waals surface area contributed by atoms with E-state index in [2.05, 4.69) is 0 Å². The minimum Gasteiger partial charge on any atom is -0.494 e. The molecule has 1 unspecified atom stereocenters. The summed E-state index contributed by atoms with van der Waals surface area (Å²) in [7, 11) is -0.700. The molecule has 0 amide bonds. The third-order valence-electron chi connectivity index (χ3n) is 5.50. The predicted molar refractivity (Wildman–Crippen MR) is 140 cm³/mol. The Morgan fingerprint density at radius 2 is 1.63 bits per heavy atom. The summed E-state index contributed by atoms with van der Waals surface area (Å²) in [6, 6.07) is 12.5. The van der Waals surface area contributed by atoms with E-state index in [1.807, 2.05) is 0 Å². The molecule has 0 aromatic heterocycles. The lowest BCUT2D eigenvalue weighted by molar-refractivity contribution is -0.149. The number of epoxide rings is 1. The van der Waals surface area contributed by atoms with Crippen molar-refractivity contribution in [2.24, 2.45) is 0 Å². The van der Waals surface area contributed by atoms with Gasteiger partial charge < -0.3 is 36.7 Å². The number of carbonyl (C=O) groups is 2. The summed E-state index contributed by atoms with van der Waals surface area (Å²) in [5.74, 6) is -0.556. The van der Waals surface area contributed by atoms with Crippen molar-refractivity contribution < 1.29 is 59.4 Å². The SMILES string of the molecule is CO[Si](OC)(OCOC(=O)/C=C/c1ccc(OC(=O)c2ccc(OCCCCC(F)(F)F)cc2)cc1)OCC1CO1. The van der Waals surface area contributed by atoms with Gasteiger partial charge in [0.2, 0.25) is 0 Å². The van der Waals surface area contributed by atoms with Crippen LogP contribution in [0.5, 0.6) is 11.5 Å². The Hall–Kier alpha value is -3.27. The second kappa shape index (κ2) is 15.7. The molecule has 41 heavy (non-hydrogen) atoms. The van der Waals surface area contributed by atoms with Crippen LogP contribution in [-0.4, -0.2) is 74.1 Å². The number of hydrogen-bond acceptors (Lipinski definition) is 10. The molecule has 0 spiro atoms. The zero-order valence-corrected chi connectivity index (χ0v) is 23.5. The van der Waals surface area contributed by atoms with Crippen LogP contribution in [0.1, 0.15) is 35.2 Å². The van der Waals surface area contributed by atoms with Crippen molar-refractivity contribution >= 4 is 27.1 Å². The molecule has 224 valence electrons. The highest BCUT2D eigenvalue weighted by molar-refractivity contribution is 6.53. The molecule has 1 saturated heterocycles. The Bertz CT molecular complexity index is 1130. The fraction of sp³-hybridized carbons (Fsp3) is 0.407. The molecule has 3 rings (SSSR count). The summed E-state index contributed by atoms with van der Waals surface area (Å²) in [5.41, 5.74) is 0.910. The van der Waals surface area contributed by atoms with E-state index >= 15 is 0 Å². The van der Waals surface area contributed by atoms with Crippen molar-refractivity contribution in [1.29, 1.82) is 0 Å². The third-order valence-corrected chi connectivity index (χ3v) is 7.49. The van der Waals surface area contributed by atoms with E-state index in [4.69, 9.17) is 36.7 Å². The van der Waals surface area contributed by atoms with Crippen LogP contribution in [0, 0.1) is 0 Å². The summed E-state index contributed by atoms with van der Waals surface area (Å²) in [4.78, 5) is 24.5. The molecule has 1 aliphatic heterocycles. The second-order valence-corrected chi connectivity index (χ2v) is 11.0. The van der Waals surface area contributed by atoms with Gasteiger partial charge in [-0.15, -0.1) is 0 Å². The number of carbonyl (C=O) groups excluding carboxylic acids is 2. The van der Waals surface area contributed by atoms with Crippen molar-refractivity contribution in [2.45, 2.75) is 31.5 Å². The first-order valence-corrected chi connectivity index (χ1v) is 14.2. The zero-order valence-electron chi connectivity index (χ0n) is 22.5. The largest absolute Gasteiger partial charge is 0.681 e. The van der Waals surface area contributed by atoms with Crippen LogP contribution in [0.2, 0.25) is 0 Å². The fourth-order valence-electron chi connectivity index (χ4n) is 3.21. The van der Waals surface area contributed by atoms with Crippen LogP contribution in [0.15, 0.2) is 54.6 Å². The van der Waals surface area contributed by atoms with E-state index in [1.165, 1.54) is 38.5 Å². The summed E-state index contributed by atoms with van der Waals surface area (Å²) in [6.45, 7) is 0.537. The smallest absolute Gasteiger partial charge is 0.494 e. The first kappa shape index (κ1) is 32.2. The van der Waals surface area contributed by atoms with Crippen LogP contribution in [0.25, 0.3) is 6.08 Å². The van der Waals surface area contributed by atoms with E-state index in [-0.39, 0.29) is 43.5 Å². The normalized spacial score (nSPS) is 15.1. The number of hydrogen-bond donors (Lipinski definition) is 0.